The molecule has 2 heterocycles. The monoisotopic (exact) mass is 547 g/mol. The molecule has 0 aliphatic carbocycles. The van der Waals surface area contributed by atoms with Gasteiger partial charge in [-0.25, -0.2) is 4.39 Å². The molecule has 2 aromatic rings. The third-order valence-corrected chi connectivity index (χ3v) is 7.94. The van der Waals surface area contributed by atoms with Gasteiger partial charge in [0.15, 0.2) is 5.78 Å². The molecule has 2 atom stereocenters. The normalized spacial score (nSPS) is 19.1. The summed E-state index contributed by atoms with van der Waals surface area (Å²) in [6.07, 6.45) is 0.0994. The highest BCUT2D eigenvalue weighted by Crippen LogP contribution is 2.39. The first-order valence-electron chi connectivity index (χ1n) is 12.8. The van der Waals surface area contributed by atoms with Gasteiger partial charge in [-0.3, -0.25) is 9.59 Å². The number of aliphatic hydroxyl groups is 1. The van der Waals surface area contributed by atoms with Gasteiger partial charge in [0, 0.05) is 56.5 Å². The van der Waals surface area contributed by atoms with E-state index in [9.17, 15) is 19.8 Å². The molecule has 0 radical (unpaired) electrons. The highest BCUT2D eigenvalue weighted by molar-refractivity contribution is 6.31. The number of methoxy groups -OCH3 is 1. The van der Waals surface area contributed by atoms with Crippen molar-refractivity contribution in [2.45, 2.75) is 26.3 Å². The molecular formula is C28H35ClFN3O5. The molecule has 0 saturated carbocycles. The Morgan fingerprint density at radius 2 is 1.84 bits per heavy atom. The van der Waals surface area contributed by atoms with Gasteiger partial charge in [0.1, 0.15) is 17.5 Å². The quantitative estimate of drug-likeness (QED) is 0.485. The molecule has 206 valence electrons. The van der Waals surface area contributed by atoms with E-state index in [2.05, 4.69) is 16.8 Å². The van der Waals surface area contributed by atoms with Gasteiger partial charge in [0.05, 0.1) is 30.5 Å². The predicted octanol–water partition coefficient (Wildman–Crippen LogP) is 3.55. The maximum Gasteiger partial charge on any atom is 0.316 e. The standard InChI is InChI=1S/C28H35ClFN3O5/c1-16(2)24(15-34)33-14-21(28(36)37)27(35)20-11-17(25(38-4)13-23(20)33)9-18-10-19(12-22(29)26(18)30)32-7-5-31(3)6-8-32/h10-13,16,21,24,34H,5-9,14-15H2,1-4H3,(H,36,37)/t21?,24-/m1/s1. The number of carbonyl (C=O) groups excluding carboxylic acids is 1. The van der Waals surface area contributed by atoms with Crippen molar-refractivity contribution in [1.82, 2.24) is 4.90 Å². The predicted molar refractivity (Wildman–Crippen MR) is 145 cm³/mol. The molecule has 1 fully saturated rings. The van der Waals surface area contributed by atoms with E-state index in [-0.39, 0.29) is 36.1 Å². The Morgan fingerprint density at radius 1 is 1.16 bits per heavy atom. The molecule has 38 heavy (non-hydrogen) atoms. The van der Waals surface area contributed by atoms with Crippen molar-refractivity contribution in [3.05, 3.63) is 51.8 Å². The number of ether oxygens (including phenoxy) is 1. The molecule has 2 aliphatic heterocycles. The molecule has 4 rings (SSSR count). The Labute approximate surface area is 227 Å². The average molecular weight is 548 g/mol. The number of carboxylic acid groups (broad SMARTS) is 1. The van der Waals surface area contributed by atoms with E-state index in [1.165, 1.54) is 7.11 Å². The second kappa shape index (κ2) is 11.5. The zero-order valence-electron chi connectivity index (χ0n) is 22.2. The van der Waals surface area contributed by atoms with Gasteiger partial charge in [-0.05, 0) is 42.3 Å². The van der Waals surface area contributed by atoms with Gasteiger partial charge in [0.2, 0.25) is 0 Å². The van der Waals surface area contributed by atoms with Crippen LogP contribution in [0, 0.1) is 17.7 Å². The number of likely N-dealkylation sites (N-methyl/N-ethyl adjacent to an activating group) is 1. The molecule has 2 N–H and O–H groups in total. The smallest absolute Gasteiger partial charge is 0.316 e. The van der Waals surface area contributed by atoms with Crippen molar-refractivity contribution < 1.29 is 28.9 Å². The molecule has 0 aromatic heterocycles. The summed E-state index contributed by atoms with van der Waals surface area (Å²) in [5.41, 5.74) is 2.45. The average Bonchev–Trinajstić information content (AvgIpc) is 2.88. The van der Waals surface area contributed by atoms with E-state index in [1.807, 2.05) is 13.8 Å². The molecule has 2 aromatic carbocycles. The summed E-state index contributed by atoms with van der Waals surface area (Å²) < 4.78 is 20.9. The molecule has 1 unspecified atom stereocenters. The van der Waals surface area contributed by atoms with Crippen molar-refractivity contribution in [2.75, 3.05) is 63.3 Å². The van der Waals surface area contributed by atoms with Crippen LogP contribution in [0.15, 0.2) is 24.3 Å². The maximum absolute atomic E-state index is 15.2. The zero-order chi connectivity index (χ0) is 27.7. The Bertz CT molecular complexity index is 1220. The van der Waals surface area contributed by atoms with Crippen LogP contribution in [0.25, 0.3) is 0 Å². The molecule has 0 bridgehead atoms. The second-order valence-corrected chi connectivity index (χ2v) is 10.9. The first kappa shape index (κ1) is 28.1. The summed E-state index contributed by atoms with van der Waals surface area (Å²) in [6, 6.07) is 6.31. The van der Waals surface area contributed by atoms with Crippen LogP contribution in [0.3, 0.4) is 0 Å². The Kier molecular flexibility index (Phi) is 8.49. The number of fused-ring (bicyclic) bond motifs is 1. The lowest BCUT2D eigenvalue weighted by molar-refractivity contribution is -0.139. The van der Waals surface area contributed by atoms with Crippen molar-refractivity contribution in [3.63, 3.8) is 0 Å². The molecule has 8 nitrogen and oxygen atoms in total. The van der Waals surface area contributed by atoms with Gasteiger partial charge in [-0.2, -0.15) is 0 Å². The lowest BCUT2D eigenvalue weighted by Crippen LogP contribution is -2.50. The fourth-order valence-corrected chi connectivity index (χ4v) is 5.56. The van der Waals surface area contributed by atoms with Crippen LogP contribution in [-0.2, 0) is 11.2 Å². The Balaban J connectivity index is 1.77. The summed E-state index contributed by atoms with van der Waals surface area (Å²) in [5.74, 6) is -3.12. The van der Waals surface area contributed by atoms with Gasteiger partial charge < -0.3 is 29.6 Å². The fourth-order valence-electron chi connectivity index (χ4n) is 5.33. The van der Waals surface area contributed by atoms with Gasteiger partial charge >= 0.3 is 5.97 Å². The van der Waals surface area contributed by atoms with Crippen LogP contribution in [0.5, 0.6) is 5.75 Å². The number of carbonyl (C=O) groups is 2. The topological polar surface area (TPSA) is 93.5 Å². The molecule has 10 heteroatoms. The number of anilines is 2. The zero-order valence-corrected chi connectivity index (χ0v) is 23.0. The first-order valence-corrected chi connectivity index (χ1v) is 13.2. The van der Waals surface area contributed by atoms with Crippen LogP contribution >= 0.6 is 11.6 Å². The van der Waals surface area contributed by atoms with Crippen molar-refractivity contribution in [2.24, 2.45) is 11.8 Å². The highest BCUT2D eigenvalue weighted by atomic mass is 35.5. The van der Waals surface area contributed by atoms with Crippen LogP contribution in [0.2, 0.25) is 5.02 Å². The summed E-state index contributed by atoms with van der Waals surface area (Å²) in [6.45, 7) is 6.96. The fraction of sp³-hybridized carbons (Fsp3) is 0.500. The van der Waals surface area contributed by atoms with Crippen molar-refractivity contribution in [1.29, 1.82) is 0 Å². The first-order chi connectivity index (χ1) is 18.0. The van der Waals surface area contributed by atoms with E-state index >= 15 is 4.39 Å². The van der Waals surface area contributed by atoms with Crippen LogP contribution in [-0.4, -0.2) is 86.4 Å². The molecule has 0 amide bonds. The Morgan fingerprint density at radius 3 is 2.42 bits per heavy atom. The molecule has 1 saturated heterocycles. The number of hydrogen-bond acceptors (Lipinski definition) is 7. The molecule has 2 aliphatic rings. The number of aliphatic carboxylic acids is 1. The number of ketones is 1. The third kappa shape index (κ3) is 5.46. The minimum atomic E-state index is -1.27. The van der Waals surface area contributed by atoms with E-state index in [4.69, 9.17) is 16.3 Å². The van der Waals surface area contributed by atoms with Gasteiger partial charge in [0.25, 0.3) is 0 Å². The largest absolute Gasteiger partial charge is 0.496 e. The highest BCUT2D eigenvalue weighted by Gasteiger charge is 2.40. The number of benzene rings is 2. The SMILES string of the molecule is COc1cc2c(cc1Cc1cc(N3CCN(C)CC3)cc(Cl)c1F)C(=O)C(C(=O)O)CN2[C@H](CO)C(C)C. The minimum absolute atomic E-state index is 0.00489. The summed E-state index contributed by atoms with van der Waals surface area (Å²) in [7, 11) is 3.56. The van der Waals surface area contributed by atoms with E-state index < -0.39 is 29.5 Å². The van der Waals surface area contributed by atoms with Crippen molar-refractivity contribution in [3.8, 4) is 5.75 Å². The Hall–Kier alpha value is -2.88. The molecular weight excluding hydrogens is 513 g/mol. The number of nitrogens with zero attached hydrogens (tertiary/aromatic N) is 3. The lowest BCUT2D eigenvalue weighted by atomic mass is 9.86. The third-order valence-electron chi connectivity index (χ3n) is 7.66. The summed E-state index contributed by atoms with van der Waals surface area (Å²) >= 11 is 6.31. The number of Topliss-reactive ketones (excluding diaryl/α,β-unsaturated/α-hetero) is 1. The molecule has 0 spiro atoms. The van der Waals surface area contributed by atoms with E-state index in [1.54, 1.807) is 29.2 Å². The number of rotatable bonds is 8. The second-order valence-electron chi connectivity index (χ2n) is 10.5. The summed E-state index contributed by atoms with van der Waals surface area (Å²) in [5, 5.41) is 19.9. The van der Waals surface area contributed by atoms with E-state index in [0.29, 0.717) is 22.6 Å². The number of halogens is 2. The van der Waals surface area contributed by atoms with Gasteiger partial charge in [-0.15, -0.1) is 0 Å². The van der Waals surface area contributed by atoms with Crippen LogP contribution < -0.4 is 14.5 Å². The van der Waals surface area contributed by atoms with Crippen LogP contribution in [0.4, 0.5) is 15.8 Å². The number of aliphatic hydroxyl groups excluding tert-OH is 1. The van der Waals surface area contributed by atoms with Crippen molar-refractivity contribution >= 4 is 34.7 Å². The number of hydrogen-bond donors (Lipinski definition) is 2. The summed E-state index contributed by atoms with van der Waals surface area (Å²) in [4.78, 5) is 31.4. The van der Waals surface area contributed by atoms with E-state index in [0.717, 1.165) is 31.9 Å². The lowest BCUT2D eigenvalue weighted by Gasteiger charge is -2.41. The number of carboxylic acids is 1. The number of piperazine rings is 1. The minimum Gasteiger partial charge on any atom is -0.496 e. The van der Waals surface area contributed by atoms with Gasteiger partial charge in [-0.1, -0.05) is 25.4 Å². The van der Waals surface area contributed by atoms with Crippen LogP contribution in [0.1, 0.15) is 35.3 Å². The maximum atomic E-state index is 15.2.